The Morgan fingerprint density at radius 1 is 1.41 bits per heavy atom. The third-order valence-corrected chi connectivity index (χ3v) is 3.40. The van der Waals surface area contributed by atoms with Gasteiger partial charge in [0.2, 0.25) is 0 Å². The minimum Gasteiger partial charge on any atom is -0.504 e. The molecule has 0 bridgehead atoms. The molecule has 2 rings (SSSR count). The fourth-order valence-electron chi connectivity index (χ4n) is 2.03. The van der Waals surface area contributed by atoms with Crippen molar-refractivity contribution >= 4 is 21.9 Å². The molecule has 0 saturated carbocycles. The average Bonchev–Trinajstić information content (AvgIpc) is 2.72. The van der Waals surface area contributed by atoms with Gasteiger partial charge >= 0.3 is 5.97 Å². The normalized spacial score (nSPS) is 23.8. The van der Waals surface area contributed by atoms with Crippen LogP contribution in [0.4, 0.5) is 0 Å². The molecule has 1 aromatic carbocycles. The van der Waals surface area contributed by atoms with E-state index in [1.807, 2.05) is 0 Å². The van der Waals surface area contributed by atoms with E-state index in [4.69, 9.17) is 5.11 Å². The number of aliphatic carboxylic acids is 1. The molecule has 0 radical (unpaired) electrons. The van der Waals surface area contributed by atoms with Crippen molar-refractivity contribution in [3.63, 3.8) is 0 Å². The zero-order valence-corrected chi connectivity index (χ0v) is 10.4. The van der Waals surface area contributed by atoms with Crippen molar-refractivity contribution in [3.05, 3.63) is 22.2 Å². The fraction of sp³-hybridized carbons (Fsp3) is 0.364. The number of carboxylic acid groups (broad SMARTS) is 1. The van der Waals surface area contributed by atoms with Gasteiger partial charge in [-0.25, -0.2) is 0 Å². The molecule has 1 fully saturated rings. The molecule has 0 spiro atoms. The first kappa shape index (κ1) is 12.2. The molecule has 0 amide bonds. The SMILES string of the molecule is O=C(O)C1CNC(c2cc(Br)cc(O)c2O)C1. The molecule has 1 aliphatic rings. The molecule has 0 aromatic heterocycles. The summed E-state index contributed by atoms with van der Waals surface area (Å²) < 4.78 is 0.642. The summed E-state index contributed by atoms with van der Waals surface area (Å²) in [6, 6.07) is 2.82. The number of nitrogens with one attached hydrogen (secondary N) is 1. The van der Waals surface area contributed by atoms with Crippen molar-refractivity contribution in [1.29, 1.82) is 0 Å². The number of carbonyl (C=O) groups is 1. The molecule has 4 N–H and O–H groups in total. The van der Waals surface area contributed by atoms with Crippen LogP contribution in [0.3, 0.4) is 0 Å². The van der Waals surface area contributed by atoms with Crippen LogP contribution in [0.25, 0.3) is 0 Å². The monoisotopic (exact) mass is 301 g/mol. The standard InChI is InChI=1S/C11H12BrNO4/c12-6-2-7(10(15)9(14)3-6)8-1-5(4-13-8)11(16)17/h2-3,5,8,13-15H,1,4H2,(H,16,17). The number of carboxylic acids is 1. The van der Waals surface area contributed by atoms with E-state index >= 15 is 0 Å². The minimum atomic E-state index is -0.848. The van der Waals surface area contributed by atoms with Crippen molar-refractivity contribution in [2.24, 2.45) is 5.92 Å². The van der Waals surface area contributed by atoms with Gasteiger partial charge < -0.3 is 20.6 Å². The number of hydrogen-bond donors (Lipinski definition) is 4. The number of aromatic hydroxyl groups is 2. The lowest BCUT2D eigenvalue weighted by Crippen LogP contribution is -2.17. The summed E-state index contributed by atoms with van der Waals surface area (Å²) in [5.74, 6) is -1.72. The van der Waals surface area contributed by atoms with Gasteiger partial charge in [-0.2, -0.15) is 0 Å². The Morgan fingerprint density at radius 2 is 2.12 bits per heavy atom. The zero-order valence-electron chi connectivity index (χ0n) is 8.85. The average molecular weight is 302 g/mol. The van der Waals surface area contributed by atoms with E-state index in [0.29, 0.717) is 23.0 Å². The maximum absolute atomic E-state index is 10.8. The van der Waals surface area contributed by atoms with Gasteiger partial charge in [0.1, 0.15) is 0 Å². The predicted molar refractivity (Wildman–Crippen MR) is 64.0 cm³/mol. The van der Waals surface area contributed by atoms with Crippen LogP contribution in [0.15, 0.2) is 16.6 Å². The molecule has 0 aliphatic carbocycles. The highest BCUT2D eigenvalue weighted by Crippen LogP contribution is 2.39. The Morgan fingerprint density at radius 3 is 2.71 bits per heavy atom. The van der Waals surface area contributed by atoms with Crippen molar-refractivity contribution < 1.29 is 20.1 Å². The highest BCUT2D eigenvalue weighted by atomic mass is 79.9. The van der Waals surface area contributed by atoms with E-state index in [-0.39, 0.29) is 17.5 Å². The van der Waals surface area contributed by atoms with E-state index in [2.05, 4.69) is 21.2 Å². The van der Waals surface area contributed by atoms with E-state index < -0.39 is 11.9 Å². The first-order valence-electron chi connectivity index (χ1n) is 5.16. The van der Waals surface area contributed by atoms with Crippen molar-refractivity contribution in [1.82, 2.24) is 5.32 Å². The third kappa shape index (κ3) is 2.37. The number of phenols is 2. The van der Waals surface area contributed by atoms with Gasteiger partial charge in [0, 0.05) is 22.6 Å². The van der Waals surface area contributed by atoms with Gasteiger partial charge in [-0.15, -0.1) is 0 Å². The van der Waals surface area contributed by atoms with E-state index in [1.165, 1.54) is 6.07 Å². The number of rotatable bonds is 2. The first-order valence-corrected chi connectivity index (χ1v) is 5.96. The molecule has 1 heterocycles. The van der Waals surface area contributed by atoms with Gasteiger partial charge in [-0.1, -0.05) is 15.9 Å². The smallest absolute Gasteiger partial charge is 0.307 e. The Labute approximate surface area is 106 Å². The molecule has 17 heavy (non-hydrogen) atoms. The summed E-state index contributed by atoms with van der Waals surface area (Å²) in [5, 5.41) is 31.2. The maximum Gasteiger partial charge on any atom is 0.307 e. The van der Waals surface area contributed by atoms with Crippen LogP contribution < -0.4 is 5.32 Å². The van der Waals surface area contributed by atoms with E-state index in [1.54, 1.807) is 6.07 Å². The van der Waals surface area contributed by atoms with Crippen LogP contribution in [0.2, 0.25) is 0 Å². The van der Waals surface area contributed by atoms with E-state index in [9.17, 15) is 15.0 Å². The fourth-order valence-corrected chi connectivity index (χ4v) is 2.50. The Hall–Kier alpha value is -1.27. The quantitative estimate of drug-likeness (QED) is 0.623. The van der Waals surface area contributed by atoms with Crippen LogP contribution in [0.5, 0.6) is 11.5 Å². The summed E-state index contributed by atoms with van der Waals surface area (Å²) in [5.41, 5.74) is 0.514. The largest absolute Gasteiger partial charge is 0.504 e. The molecule has 1 aliphatic heterocycles. The molecule has 1 aromatic rings. The number of hydrogen-bond acceptors (Lipinski definition) is 4. The van der Waals surface area contributed by atoms with Crippen LogP contribution in [-0.2, 0) is 4.79 Å². The third-order valence-electron chi connectivity index (χ3n) is 2.94. The van der Waals surface area contributed by atoms with E-state index in [0.717, 1.165) is 0 Å². The summed E-state index contributed by atoms with van der Waals surface area (Å²) in [4.78, 5) is 10.8. The van der Waals surface area contributed by atoms with Gasteiger partial charge in [0.05, 0.1) is 5.92 Å². The Balaban J connectivity index is 2.27. The zero-order chi connectivity index (χ0) is 12.6. The van der Waals surface area contributed by atoms with Crippen LogP contribution in [0.1, 0.15) is 18.0 Å². The van der Waals surface area contributed by atoms with Crippen LogP contribution in [-0.4, -0.2) is 27.8 Å². The number of phenolic OH excluding ortho intramolecular Hbond substituents is 2. The van der Waals surface area contributed by atoms with Crippen molar-refractivity contribution in [3.8, 4) is 11.5 Å². The topological polar surface area (TPSA) is 89.8 Å². The van der Waals surface area contributed by atoms with Crippen molar-refractivity contribution in [2.75, 3.05) is 6.54 Å². The van der Waals surface area contributed by atoms with Crippen LogP contribution >= 0.6 is 15.9 Å². The lowest BCUT2D eigenvalue weighted by molar-refractivity contribution is -0.141. The molecule has 6 heteroatoms. The summed E-state index contributed by atoms with van der Waals surface area (Å²) in [6.45, 7) is 0.368. The maximum atomic E-state index is 10.8. The second kappa shape index (κ2) is 4.54. The number of benzene rings is 1. The summed E-state index contributed by atoms with van der Waals surface area (Å²) >= 11 is 3.22. The molecule has 2 atom stereocenters. The molecule has 5 nitrogen and oxygen atoms in total. The van der Waals surface area contributed by atoms with Gasteiger partial charge in [-0.05, 0) is 18.6 Å². The molecule has 92 valence electrons. The first-order chi connectivity index (χ1) is 7.99. The molecule has 2 unspecified atom stereocenters. The molecular weight excluding hydrogens is 290 g/mol. The molecule has 1 saturated heterocycles. The lowest BCUT2D eigenvalue weighted by atomic mass is 9.99. The van der Waals surface area contributed by atoms with Gasteiger partial charge in [0.15, 0.2) is 11.5 Å². The summed E-state index contributed by atoms with van der Waals surface area (Å²) in [7, 11) is 0. The second-order valence-corrected chi connectivity index (χ2v) is 5.01. The lowest BCUT2D eigenvalue weighted by Gasteiger charge is -2.14. The highest BCUT2D eigenvalue weighted by Gasteiger charge is 2.32. The highest BCUT2D eigenvalue weighted by molar-refractivity contribution is 9.10. The van der Waals surface area contributed by atoms with Gasteiger partial charge in [-0.3, -0.25) is 4.79 Å². The van der Waals surface area contributed by atoms with Crippen LogP contribution in [0, 0.1) is 5.92 Å². The minimum absolute atomic E-state index is 0.197. The van der Waals surface area contributed by atoms with Crippen molar-refractivity contribution in [2.45, 2.75) is 12.5 Å². The predicted octanol–water partition coefficient (Wildman–Crippen LogP) is 1.60. The van der Waals surface area contributed by atoms with Gasteiger partial charge in [0.25, 0.3) is 0 Å². The second-order valence-electron chi connectivity index (χ2n) is 4.09. The Bertz CT molecular complexity index is 463. The number of halogens is 1. The molecular formula is C11H12BrNO4. The Kier molecular flexibility index (Phi) is 3.26. The summed E-state index contributed by atoms with van der Waals surface area (Å²) in [6.07, 6.45) is 0.402.